The number of benzene rings is 1. The van der Waals surface area contributed by atoms with Crippen molar-refractivity contribution in [3.05, 3.63) is 34.9 Å². The first-order valence-electron chi connectivity index (χ1n) is 7.66. The van der Waals surface area contributed by atoms with Crippen LogP contribution in [0.3, 0.4) is 0 Å². The molecule has 1 fully saturated rings. The lowest BCUT2D eigenvalue weighted by molar-refractivity contribution is 0.124. The van der Waals surface area contributed by atoms with Gasteiger partial charge in [0.25, 0.3) is 0 Å². The molecule has 104 valence electrons. The molecule has 1 aromatic rings. The first-order chi connectivity index (χ1) is 9.22. The lowest BCUT2D eigenvalue weighted by Gasteiger charge is -2.29. The van der Waals surface area contributed by atoms with Crippen molar-refractivity contribution in [3.8, 4) is 0 Å². The van der Waals surface area contributed by atoms with Crippen LogP contribution < -0.4 is 5.32 Å². The number of hydrogen-bond donors (Lipinski definition) is 2. The van der Waals surface area contributed by atoms with Gasteiger partial charge in [0.15, 0.2) is 0 Å². The van der Waals surface area contributed by atoms with E-state index in [-0.39, 0.29) is 5.41 Å². The molecule has 0 radical (unpaired) electrons. The van der Waals surface area contributed by atoms with E-state index in [9.17, 15) is 5.11 Å². The van der Waals surface area contributed by atoms with Crippen molar-refractivity contribution in [2.75, 3.05) is 13.2 Å². The van der Waals surface area contributed by atoms with Gasteiger partial charge in [0.2, 0.25) is 0 Å². The Morgan fingerprint density at radius 2 is 2.11 bits per heavy atom. The highest BCUT2D eigenvalue weighted by Crippen LogP contribution is 2.38. The van der Waals surface area contributed by atoms with Crippen LogP contribution in [-0.2, 0) is 6.42 Å². The average Bonchev–Trinajstić information content (AvgIpc) is 3.03. The summed E-state index contributed by atoms with van der Waals surface area (Å²) in [5.41, 5.74) is 4.51. The van der Waals surface area contributed by atoms with Crippen LogP contribution in [0, 0.1) is 12.3 Å². The second kappa shape index (κ2) is 5.26. The van der Waals surface area contributed by atoms with E-state index < -0.39 is 0 Å². The molecule has 0 aromatic heterocycles. The summed E-state index contributed by atoms with van der Waals surface area (Å²) in [6.45, 7) is 3.48. The van der Waals surface area contributed by atoms with Gasteiger partial charge in [-0.25, -0.2) is 0 Å². The molecule has 0 aliphatic heterocycles. The Kier molecular flexibility index (Phi) is 3.64. The fraction of sp³-hybridized carbons (Fsp3) is 0.647. The lowest BCUT2D eigenvalue weighted by Crippen LogP contribution is -2.36. The van der Waals surface area contributed by atoms with E-state index in [1.54, 1.807) is 0 Å². The van der Waals surface area contributed by atoms with Crippen molar-refractivity contribution < 1.29 is 5.11 Å². The largest absolute Gasteiger partial charge is 0.396 e. The number of nitrogens with one attached hydrogen (secondary N) is 1. The van der Waals surface area contributed by atoms with Crippen molar-refractivity contribution in [1.82, 2.24) is 5.32 Å². The van der Waals surface area contributed by atoms with Gasteiger partial charge in [0.1, 0.15) is 0 Å². The molecular weight excluding hydrogens is 234 g/mol. The van der Waals surface area contributed by atoms with Gasteiger partial charge in [-0.3, -0.25) is 0 Å². The van der Waals surface area contributed by atoms with Crippen LogP contribution in [0.1, 0.15) is 54.8 Å². The van der Waals surface area contributed by atoms with Gasteiger partial charge in [-0.15, -0.1) is 0 Å². The molecule has 19 heavy (non-hydrogen) atoms. The van der Waals surface area contributed by atoms with Gasteiger partial charge in [-0.2, -0.15) is 0 Å². The van der Waals surface area contributed by atoms with Crippen molar-refractivity contribution in [1.29, 1.82) is 0 Å². The van der Waals surface area contributed by atoms with Crippen LogP contribution in [0.5, 0.6) is 0 Å². The SMILES string of the molecule is Cc1ccc2c(c1)C(NCC1(CO)CCCC1)CC2. The van der Waals surface area contributed by atoms with E-state index in [1.165, 1.54) is 55.2 Å². The molecule has 0 amide bonds. The molecule has 2 N–H and O–H groups in total. The summed E-state index contributed by atoms with van der Waals surface area (Å²) in [5.74, 6) is 0. The standard InChI is InChI=1S/C17H25NO/c1-13-4-5-14-6-7-16(15(14)10-13)18-11-17(12-19)8-2-3-9-17/h4-5,10,16,18-19H,2-3,6-9,11-12H2,1H3. The Hall–Kier alpha value is -0.860. The van der Waals surface area contributed by atoms with E-state index >= 15 is 0 Å². The van der Waals surface area contributed by atoms with Gasteiger partial charge >= 0.3 is 0 Å². The summed E-state index contributed by atoms with van der Waals surface area (Å²) in [6, 6.07) is 7.33. The second-order valence-electron chi connectivity index (χ2n) is 6.54. The Labute approximate surface area is 116 Å². The predicted octanol–water partition coefficient (Wildman–Crippen LogP) is 3.12. The molecule has 0 bridgehead atoms. The molecule has 0 saturated heterocycles. The Morgan fingerprint density at radius 3 is 2.84 bits per heavy atom. The summed E-state index contributed by atoms with van der Waals surface area (Å²) in [6.07, 6.45) is 7.33. The normalized spacial score (nSPS) is 24.6. The number of aryl methyl sites for hydroxylation is 2. The predicted molar refractivity (Wildman–Crippen MR) is 78.2 cm³/mol. The summed E-state index contributed by atoms with van der Waals surface area (Å²) in [4.78, 5) is 0. The first kappa shape index (κ1) is 13.1. The zero-order valence-corrected chi connectivity index (χ0v) is 11.9. The molecule has 1 atom stereocenters. The van der Waals surface area contributed by atoms with E-state index in [0.717, 1.165) is 6.54 Å². The quantitative estimate of drug-likeness (QED) is 0.870. The maximum Gasteiger partial charge on any atom is 0.0499 e. The minimum Gasteiger partial charge on any atom is -0.396 e. The fourth-order valence-electron chi connectivity index (χ4n) is 3.79. The number of aliphatic hydroxyl groups is 1. The van der Waals surface area contributed by atoms with Crippen LogP contribution in [0.4, 0.5) is 0 Å². The van der Waals surface area contributed by atoms with Crippen LogP contribution in [0.2, 0.25) is 0 Å². The van der Waals surface area contributed by atoms with E-state index in [4.69, 9.17) is 0 Å². The van der Waals surface area contributed by atoms with E-state index in [0.29, 0.717) is 12.6 Å². The zero-order chi connectivity index (χ0) is 13.3. The minimum absolute atomic E-state index is 0.159. The number of aliphatic hydroxyl groups excluding tert-OH is 1. The highest BCUT2D eigenvalue weighted by atomic mass is 16.3. The summed E-state index contributed by atoms with van der Waals surface area (Å²) >= 11 is 0. The lowest BCUT2D eigenvalue weighted by atomic mass is 9.87. The van der Waals surface area contributed by atoms with E-state index in [1.807, 2.05) is 0 Å². The molecular formula is C17H25NO. The molecule has 0 spiro atoms. The molecule has 2 aliphatic rings. The van der Waals surface area contributed by atoms with Gasteiger partial charge in [-0.05, 0) is 43.7 Å². The third-order valence-corrected chi connectivity index (χ3v) is 5.10. The first-order valence-corrected chi connectivity index (χ1v) is 7.66. The number of rotatable bonds is 4. The third kappa shape index (κ3) is 2.56. The van der Waals surface area contributed by atoms with Crippen LogP contribution in [0.25, 0.3) is 0 Å². The second-order valence-corrected chi connectivity index (χ2v) is 6.54. The molecule has 1 saturated carbocycles. The molecule has 2 nitrogen and oxygen atoms in total. The van der Waals surface area contributed by atoms with Gasteiger partial charge in [0.05, 0.1) is 0 Å². The zero-order valence-electron chi connectivity index (χ0n) is 11.9. The topological polar surface area (TPSA) is 32.3 Å². The Morgan fingerprint density at radius 1 is 1.32 bits per heavy atom. The highest BCUT2D eigenvalue weighted by Gasteiger charge is 2.34. The molecule has 2 aliphatic carbocycles. The fourth-order valence-corrected chi connectivity index (χ4v) is 3.79. The maximum atomic E-state index is 9.69. The van der Waals surface area contributed by atoms with Crippen LogP contribution >= 0.6 is 0 Å². The molecule has 1 aromatic carbocycles. The summed E-state index contributed by atoms with van der Waals surface area (Å²) in [7, 11) is 0. The Bertz CT molecular complexity index is 449. The Balaban J connectivity index is 1.68. The molecule has 0 heterocycles. The van der Waals surface area contributed by atoms with Gasteiger partial charge < -0.3 is 10.4 Å². The van der Waals surface area contributed by atoms with Crippen molar-refractivity contribution >= 4 is 0 Å². The monoisotopic (exact) mass is 259 g/mol. The smallest absolute Gasteiger partial charge is 0.0499 e. The molecule has 3 rings (SSSR count). The van der Waals surface area contributed by atoms with Crippen molar-refractivity contribution in [2.45, 2.75) is 51.5 Å². The van der Waals surface area contributed by atoms with E-state index in [2.05, 4.69) is 30.4 Å². The molecule has 1 unspecified atom stereocenters. The van der Waals surface area contributed by atoms with Crippen molar-refractivity contribution in [3.63, 3.8) is 0 Å². The third-order valence-electron chi connectivity index (χ3n) is 5.10. The minimum atomic E-state index is 0.159. The summed E-state index contributed by atoms with van der Waals surface area (Å²) in [5, 5.41) is 13.4. The highest BCUT2D eigenvalue weighted by molar-refractivity contribution is 5.37. The van der Waals surface area contributed by atoms with Gasteiger partial charge in [-0.1, -0.05) is 36.6 Å². The average molecular weight is 259 g/mol. The molecule has 2 heteroatoms. The maximum absolute atomic E-state index is 9.69. The van der Waals surface area contributed by atoms with Gasteiger partial charge in [0, 0.05) is 24.6 Å². The van der Waals surface area contributed by atoms with Crippen LogP contribution in [-0.4, -0.2) is 18.3 Å². The van der Waals surface area contributed by atoms with Crippen LogP contribution in [0.15, 0.2) is 18.2 Å². The van der Waals surface area contributed by atoms with Crippen molar-refractivity contribution in [2.24, 2.45) is 5.41 Å². The number of hydrogen-bond acceptors (Lipinski definition) is 2. The summed E-state index contributed by atoms with van der Waals surface area (Å²) < 4.78 is 0. The number of fused-ring (bicyclic) bond motifs is 1.